The summed E-state index contributed by atoms with van der Waals surface area (Å²) in [6.07, 6.45) is 0.871. The predicted octanol–water partition coefficient (Wildman–Crippen LogP) is 6.46. The van der Waals surface area contributed by atoms with Gasteiger partial charge in [-0.15, -0.1) is 0 Å². The molecule has 1 fully saturated rings. The molecule has 1 aromatic carbocycles. The van der Waals surface area contributed by atoms with Crippen LogP contribution in [-0.2, 0) is 9.22 Å². The van der Waals surface area contributed by atoms with E-state index in [0.717, 1.165) is 22.2 Å². The molecule has 7 heteroatoms. The molecule has 2 heterocycles. The number of hydrogen-bond donors (Lipinski definition) is 0. The van der Waals surface area contributed by atoms with Crippen LogP contribution in [0, 0.1) is 12.8 Å². The van der Waals surface area contributed by atoms with Crippen LogP contribution in [0.3, 0.4) is 0 Å². The molecule has 0 radical (unpaired) electrons. The number of aliphatic imine (C=N–C) groups is 1. The third kappa shape index (κ3) is 5.05. The van der Waals surface area contributed by atoms with Crippen LogP contribution in [0.2, 0.25) is 23.5 Å². The fraction of sp³-hybridized carbons (Fsp3) is 0.583. The molecule has 2 aliphatic rings. The normalized spacial score (nSPS) is 24.7. The number of fused-ring (bicyclic) bond motifs is 1. The Labute approximate surface area is 208 Å². The van der Waals surface area contributed by atoms with E-state index < -0.39 is 8.32 Å². The molecule has 1 aromatic rings. The summed E-state index contributed by atoms with van der Waals surface area (Å²) in [4.78, 5) is 20.5. The van der Waals surface area contributed by atoms with Crippen molar-refractivity contribution in [2.24, 2.45) is 10.9 Å². The number of halogens is 1. The van der Waals surface area contributed by atoms with E-state index in [1.165, 1.54) is 14.7 Å². The number of allylic oxidation sites excluding steroid dienone is 1. The molecule has 1 amide bonds. The van der Waals surface area contributed by atoms with Crippen molar-refractivity contribution in [2.75, 3.05) is 0 Å². The van der Waals surface area contributed by atoms with Gasteiger partial charge >= 0.3 is 210 Å². The van der Waals surface area contributed by atoms with E-state index in [9.17, 15) is 4.79 Å². The van der Waals surface area contributed by atoms with E-state index in [2.05, 4.69) is 89.4 Å². The van der Waals surface area contributed by atoms with Gasteiger partial charge in [0.15, 0.2) is 0 Å². The summed E-state index contributed by atoms with van der Waals surface area (Å²) in [7, 11) is -1.96. The molecule has 0 spiro atoms. The molecule has 0 aliphatic carbocycles. The summed E-state index contributed by atoms with van der Waals surface area (Å²) >= 11 is 2.64. The Hall–Kier alpha value is -0.474. The predicted molar refractivity (Wildman–Crippen MR) is 142 cm³/mol. The molecule has 0 aromatic heterocycles. The van der Waals surface area contributed by atoms with Crippen molar-refractivity contribution >= 4 is 62.2 Å². The first-order valence-electron chi connectivity index (χ1n) is 11.0. The zero-order valence-corrected chi connectivity index (χ0v) is 24.8. The minimum absolute atomic E-state index is 0.0812. The third-order valence-electron chi connectivity index (χ3n) is 6.81. The Morgan fingerprint density at radius 1 is 1.29 bits per heavy atom. The Bertz CT molecular complexity index is 905. The summed E-state index contributed by atoms with van der Waals surface area (Å²) in [6, 6.07) is 8.33. The molecular weight excluding hydrogens is 582 g/mol. The van der Waals surface area contributed by atoms with Gasteiger partial charge in [0.1, 0.15) is 0 Å². The Morgan fingerprint density at radius 3 is 2.45 bits per heavy atom. The van der Waals surface area contributed by atoms with Crippen LogP contribution in [-0.4, -0.2) is 51.0 Å². The number of hydrogen-bond acceptors (Lipinski definition) is 3. The number of nitrogens with zero attached hydrogens (tertiary/aromatic N) is 2. The number of rotatable bonds is 5. The monoisotopic (exact) mass is 618 g/mol. The van der Waals surface area contributed by atoms with Gasteiger partial charge in [-0.1, -0.05) is 0 Å². The van der Waals surface area contributed by atoms with Crippen molar-refractivity contribution in [3.8, 4) is 0 Å². The van der Waals surface area contributed by atoms with Crippen molar-refractivity contribution < 1.29 is 9.22 Å². The number of amides is 1. The second kappa shape index (κ2) is 9.41. The molecular formula is C24H35IN2O2SeSi. The molecule has 0 bridgehead atoms. The molecule has 3 atom stereocenters. The molecule has 170 valence electrons. The van der Waals surface area contributed by atoms with E-state index in [0.29, 0.717) is 0 Å². The molecule has 3 rings (SSSR count). The van der Waals surface area contributed by atoms with Crippen molar-refractivity contribution in [1.29, 1.82) is 0 Å². The minimum atomic E-state index is -1.96. The SMILES string of the molecule is CCC1=C(I)C[Se]C(=Nc2ccc(C)cc2)N2C(=O)[C@H]([C@@H](C)O[Si](C)(C)C(C)(C)C)[C@@H]12. The fourth-order valence-corrected chi connectivity index (χ4v) is 8.88. The molecule has 4 nitrogen and oxygen atoms in total. The van der Waals surface area contributed by atoms with Crippen molar-refractivity contribution in [1.82, 2.24) is 4.90 Å². The standard InChI is InChI=1S/C24H35IN2O2SeSi/c1-9-18-19(25)14-30-23(26-17-12-10-15(2)11-13-17)27-21(18)20(22(27)28)16(3)29-31(7,8)24(4,5)6/h10-13,16,20-21H,9,14H2,1-8H3/t16-,20-,21-/m1/s1. The van der Waals surface area contributed by atoms with Crippen molar-refractivity contribution in [3.05, 3.63) is 39.0 Å². The molecule has 0 saturated carbocycles. The van der Waals surface area contributed by atoms with Crippen LogP contribution in [0.4, 0.5) is 5.69 Å². The summed E-state index contributed by atoms with van der Waals surface area (Å²) in [5, 5.41) is 1.13. The van der Waals surface area contributed by atoms with Gasteiger partial charge in [-0.05, 0) is 0 Å². The van der Waals surface area contributed by atoms with Gasteiger partial charge < -0.3 is 0 Å². The Balaban J connectivity index is 1.94. The van der Waals surface area contributed by atoms with Crippen molar-refractivity contribution in [2.45, 2.75) is 83.6 Å². The average Bonchev–Trinajstić information content (AvgIpc) is 2.77. The summed E-state index contributed by atoms with van der Waals surface area (Å²) in [5.74, 6) is 0.0620. The number of carbonyl (C=O) groups is 1. The maximum absolute atomic E-state index is 13.5. The Kier molecular flexibility index (Phi) is 7.64. The van der Waals surface area contributed by atoms with Crippen LogP contribution in [0.1, 0.15) is 46.6 Å². The second-order valence-electron chi connectivity index (χ2n) is 10.1. The summed E-state index contributed by atoms with van der Waals surface area (Å²) < 4.78 is 9.05. The van der Waals surface area contributed by atoms with Crippen LogP contribution in [0.25, 0.3) is 0 Å². The van der Waals surface area contributed by atoms with E-state index in [1.807, 2.05) is 17.0 Å². The molecule has 2 aliphatic heterocycles. The topological polar surface area (TPSA) is 41.9 Å². The third-order valence-corrected chi connectivity index (χ3v) is 15.7. The second-order valence-corrected chi connectivity index (χ2v) is 18.1. The Morgan fingerprint density at radius 2 is 1.90 bits per heavy atom. The zero-order valence-electron chi connectivity index (χ0n) is 20.0. The van der Waals surface area contributed by atoms with E-state index in [-0.39, 0.29) is 44.0 Å². The van der Waals surface area contributed by atoms with Gasteiger partial charge in [0.25, 0.3) is 0 Å². The van der Waals surface area contributed by atoms with Gasteiger partial charge in [0, 0.05) is 0 Å². The first kappa shape index (κ1) is 25.2. The van der Waals surface area contributed by atoms with Crippen LogP contribution >= 0.6 is 22.6 Å². The van der Waals surface area contributed by atoms with Gasteiger partial charge in [0.05, 0.1) is 0 Å². The number of β-lactam (4-membered cyclic amide) rings is 1. The summed E-state index contributed by atoms with van der Waals surface area (Å²) in [6.45, 7) is 17.7. The quantitative estimate of drug-likeness (QED) is 0.217. The molecule has 0 unspecified atom stereocenters. The van der Waals surface area contributed by atoms with Gasteiger partial charge in [-0.25, -0.2) is 0 Å². The first-order chi connectivity index (χ1) is 14.4. The van der Waals surface area contributed by atoms with Crippen LogP contribution in [0.15, 0.2) is 38.4 Å². The number of benzene rings is 1. The fourth-order valence-electron chi connectivity index (χ4n) is 3.94. The molecule has 0 N–H and O–H groups in total. The van der Waals surface area contributed by atoms with E-state index >= 15 is 0 Å². The molecule has 1 saturated heterocycles. The van der Waals surface area contributed by atoms with Crippen LogP contribution in [0.5, 0.6) is 0 Å². The number of aryl methyl sites for hydroxylation is 1. The number of amidine groups is 1. The zero-order chi connectivity index (χ0) is 23.1. The van der Waals surface area contributed by atoms with Gasteiger partial charge in [0.2, 0.25) is 0 Å². The van der Waals surface area contributed by atoms with Crippen molar-refractivity contribution in [3.63, 3.8) is 0 Å². The first-order valence-corrected chi connectivity index (χ1v) is 17.1. The maximum atomic E-state index is 13.5. The molecule has 31 heavy (non-hydrogen) atoms. The van der Waals surface area contributed by atoms with Gasteiger partial charge in [-0.3, -0.25) is 0 Å². The van der Waals surface area contributed by atoms with E-state index in [1.54, 1.807) is 0 Å². The average molecular weight is 618 g/mol. The van der Waals surface area contributed by atoms with Gasteiger partial charge in [-0.2, -0.15) is 0 Å². The van der Waals surface area contributed by atoms with Crippen LogP contribution < -0.4 is 0 Å². The summed E-state index contributed by atoms with van der Waals surface area (Å²) in [5.41, 5.74) is 3.54. The van der Waals surface area contributed by atoms with E-state index in [4.69, 9.17) is 9.42 Å². The number of carbonyl (C=O) groups excluding carboxylic acids is 1.